The molecule has 2 heterocycles. The maximum atomic E-state index is 5.78. The number of rotatable bonds is 1. The van der Waals surface area contributed by atoms with Gasteiger partial charge in [0.2, 0.25) is 11.2 Å². The van der Waals surface area contributed by atoms with Gasteiger partial charge in [-0.25, -0.2) is 0 Å². The van der Waals surface area contributed by atoms with E-state index in [0.29, 0.717) is 11.5 Å². The highest BCUT2D eigenvalue weighted by Gasteiger charge is 2.10. The molecule has 0 aliphatic rings. The molecule has 2 aromatic heterocycles. The van der Waals surface area contributed by atoms with E-state index in [-0.39, 0.29) is 11.2 Å². The van der Waals surface area contributed by atoms with E-state index in [9.17, 15) is 0 Å². The van der Waals surface area contributed by atoms with Crippen molar-refractivity contribution in [2.45, 2.75) is 0 Å². The molecule has 0 unspecified atom stereocenters. The zero-order valence-corrected chi connectivity index (χ0v) is 9.96. The monoisotopic (exact) mass is 257 g/mol. The molecule has 0 saturated heterocycles. The maximum absolute atomic E-state index is 5.78. The smallest absolute Gasteiger partial charge is 0.227 e. The summed E-state index contributed by atoms with van der Waals surface area (Å²) in [5, 5.41) is 2.06. The highest BCUT2D eigenvalue weighted by molar-refractivity contribution is 6.28. The van der Waals surface area contributed by atoms with Crippen molar-refractivity contribution in [3.63, 3.8) is 0 Å². The summed E-state index contributed by atoms with van der Waals surface area (Å²) in [5.41, 5.74) is 6.21. The summed E-state index contributed by atoms with van der Waals surface area (Å²) < 4.78 is 0. The van der Waals surface area contributed by atoms with Crippen LogP contribution in [-0.2, 0) is 0 Å². The van der Waals surface area contributed by atoms with Gasteiger partial charge >= 0.3 is 0 Å². The van der Waals surface area contributed by atoms with Gasteiger partial charge in [-0.3, -0.25) is 4.98 Å². The molecule has 1 aromatic carbocycles. The van der Waals surface area contributed by atoms with Crippen molar-refractivity contribution in [2.75, 3.05) is 5.73 Å². The second-order valence-corrected chi connectivity index (χ2v) is 4.01. The van der Waals surface area contributed by atoms with Gasteiger partial charge in [0.05, 0.1) is 0 Å². The minimum absolute atomic E-state index is 0.0623. The van der Waals surface area contributed by atoms with E-state index < -0.39 is 0 Å². The Labute approximate surface area is 108 Å². The van der Waals surface area contributed by atoms with Crippen molar-refractivity contribution in [3.05, 3.63) is 41.8 Å². The standard InChI is InChI=1S/C12H8ClN5/c13-11-16-10(17-12(14)18-11)9-8-4-2-1-3-7(8)5-6-15-9/h1-6H,(H2,14,16,17,18). The Bertz CT molecular complexity index is 703. The molecule has 0 aliphatic heterocycles. The van der Waals surface area contributed by atoms with Crippen LogP contribution >= 0.6 is 11.6 Å². The fourth-order valence-corrected chi connectivity index (χ4v) is 1.94. The van der Waals surface area contributed by atoms with E-state index in [1.807, 2.05) is 30.3 Å². The third kappa shape index (κ3) is 1.84. The van der Waals surface area contributed by atoms with Crippen molar-refractivity contribution >= 4 is 28.3 Å². The summed E-state index contributed by atoms with van der Waals surface area (Å²) in [7, 11) is 0. The molecular formula is C12H8ClN5. The molecule has 0 atom stereocenters. The fourth-order valence-electron chi connectivity index (χ4n) is 1.77. The number of pyridine rings is 1. The summed E-state index contributed by atoms with van der Waals surface area (Å²) in [4.78, 5) is 16.1. The van der Waals surface area contributed by atoms with Crippen LogP contribution in [0, 0.1) is 0 Å². The number of nitrogens with two attached hydrogens (primary N) is 1. The average Bonchev–Trinajstić information content (AvgIpc) is 2.37. The SMILES string of the molecule is Nc1nc(Cl)nc(-c2nccc3ccccc23)n1. The van der Waals surface area contributed by atoms with Crippen LogP contribution in [0.25, 0.3) is 22.3 Å². The van der Waals surface area contributed by atoms with Gasteiger partial charge in [0, 0.05) is 11.6 Å². The van der Waals surface area contributed by atoms with Crippen LogP contribution in [0.3, 0.4) is 0 Å². The van der Waals surface area contributed by atoms with Crippen molar-refractivity contribution < 1.29 is 0 Å². The molecule has 0 saturated carbocycles. The summed E-state index contributed by atoms with van der Waals surface area (Å²) in [6.45, 7) is 0. The normalized spacial score (nSPS) is 10.7. The van der Waals surface area contributed by atoms with E-state index >= 15 is 0 Å². The molecule has 3 aromatic rings. The Kier molecular flexibility index (Phi) is 2.53. The zero-order chi connectivity index (χ0) is 12.5. The lowest BCUT2D eigenvalue weighted by molar-refractivity contribution is 1.06. The third-order valence-electron chi connectivity index (χ3n) is 2.51. The van der Waals surface area contributed by atoms with Crippen LogP contribution in [0.5, 0.6) is 0 Å². The first-order valence-corrected chi connectivity index (χ1v) is 5.63. The second-order valence-electron chi connectivity index (χ2n) is 3.67. The van der Waals surface area contributed by atoms with E-state index in [4.69, 9.17) is 17.3 Å². The highest BCUT2D eigenvalue weighted by atomic mass is 35.5. The minimum Gasteiger partial charge on any atom is -0.368 e. The summed E-state index contributed by atoms with van der Waals surface area (Å²) in [6.07, 6.45) is 1.70. The number of aromatic nitrogens is 4. The first-order valence-electron chi connectivity index (χ1n) is 5.25. The Hall–Kier alpha value is -2.27. The van der Waals surface area contributed by atoms with Crippen LogP contribution in [-0.4, -0.2) is 19.9 Å². The highest BCUT2D eigenvalue weighted by Crippen LogP contribution is 2.24. The van der Waals surface area contributed by atoms with Crippen molar-refractivity contribution in [1.82, 2.24) is 19.9 Å². The number of fused-ring (bicyclic) bond motifs is 1. The van der Waals surface area contributed by atoms with Crippen molar-refractivity contribution in [3.8, 4) is 11.5 Å². The molecule has 0 amide bonds. The number of anilines is 1. The minimum atomic E-state index is 0.0623. The van der Waals surface area contributed by atoms with E-state index in [1.54, 1.807) is 6.20 Å². The summed E-state index contributed by atoms with van der Waals surface area (Å²) in [5.74, 6) is 0.462. The lowest BCUT2D eigenvalue weighted by Crippen LogP contribution is -2.01. The molecule has 0 fully saturated rings. The molecule has 0 radical (unpaired) electrons. The maximum Gasteiger partial charge on any atom is 0.227 e. The van der Waals surface area contributed by atoms with Gasteiger partial charge < -0.3 is 5.73 Å². The van der Waals surface area contributed by atoms with Gasteiger partial charge in [-0.2, -0.15) is 15.0 Å². The van der Waals surface area contributed by atoms with Crippen molar-refractivity contribution in [2.24, 2.45) is 0 Å². The molecule has 3 rings (SSSR count). The Morgan fingerprint density at radius 3 is 2.67 bits per heavy atom. The molecule has 18 heavy (non-hydrogen) atoms. The third-order valence-corrected chi connectivity index (χ3v) is 2.68. The molecule has 2 N–H and O–H groups in total. The number of hydrogen-bond donors (Lipinski definition) is 1. The topological polar surface area (TPSA) is 77.6 Å². The first kappa shape index (κ1) is 10.9. The predicted octanol–water partition coefficient (Wildman–Crippen LogP) is 2.32. The van der Waals surface area contributed by atoms with E-state index in [2.05, 4.69) is 19.9 Å². The summed E-state index contributed by atoms with van der Waals surface area (Å²) >= 11 is 5.78. The Morgan fingerprint density at radius 1 is 1.00 bits per heavy atom. The van der Waals surface area contributed by atoms with Crippen LogP contribution < -0.4 is 5.73 Å². The number of benzene rings is 1. The van der Waals surface area contributed by atoms with Gasteiger partial charge in [0.1, 0.15) is 5.69 Å². The molecule has 88 valence electrons. The van der Waals surface area contributed by atoms with Crippen LogP contribution in [0.4, 0.5) is 5.95 Å². The predicted molar refractivity (Wildman–Crippen MR) is 70.0 cm³/mol. The molecule has 6 heteroatoms. The molecule has 5 nitrogen and oxygen atoms in total. The van der Waals surface area contributed by atoms with Gasteiger partial charge in [-0.15, -0.1) is 0 Å². The number of nitrogens with zero attached hydrogens (tertiary/aromatic N) is 4. The van der Waals surface area contributed by atoms with Crippen molar-refractivity contribution in [1.29, 1.82) is 0 Å². The Balaban J connectivity index is 2.31. The average molecular weight is 258 g/mol. The molecule has 0 aliphatic carbocycles. The summed E-state index contributed by atoms with van der Waals surface area (Å²) in [6, 6.07) is 9.75. The molecule has 0 bridgehead atoms. The number of hydrogen-bond acceptors (Lipinski definition) is 5. The first-order chi connectivity index (χ1) is 8.74. The molecule has 0 spiro atoms. The quantitative estimate of drug-likeness (QED) is 0.724. The van der Waals surface area contributed by atoms with Gasteiger partial charge in [0.25, 0.3) is 0 Å². The van der Waals surface area contributed by atoms with Gasteiger partial charge in [-0.05, 0) is 23.1 Å². The van der Waals surface area contributed by atoms with Crippen LogP contribution in [0.15, 0.2) is 36.5 Å². The van der Waals surface area contributed by atoms with Crippen LogP contribution in [0.2, 0.25) is 5.28 Å². The van der Waals surface area contributed by atoms with Gasteiger partial charge in [0.15, 0.2) is 5.82 Å². The zero-order valence-electron chi connectivity index (χ0n) is 9.21. The number of halogens is 1. The second kappa shape index (κ2) is 4.19. The van der Waals surface area contributed by atoms with Crippen LogP contribution in [0.1, 0.15) is 0 Å². The van der Waals surface area contributed by atoms with E-state index in [1.165, 1.54) is 0 Å². The number of nitrogen functional groups attached to an aromatic ring is 1. The Morgan fingerprint density at radius 2 is 1.83 bits per heavy atom. The van der Waals surface area contributed by atoms with Gasteiger partial charge in [-0.1, -0.05) is 24.3 Å². The van der Waals surface area contributed by atoms with E-state index in [0.717, 1.165) is 10.8 Å². The largest absolute Gasteiger partial charge is 0.368 e. The fraction of sp³-hybridized carbons (Fsp3) is 0. The lowest BCUT2D eigenvalue weighted by Gasteiger charge is -2.04. The molecular weight excluding hydrogens is 250 g/mol. The lowest BCUT2D eigenvalue weighted by atomic mass is 10.1.